The van der Waals surface area contributed by atoms with Gasteiger partial charge in [0.25, 0.3) is 0 Å². The van der Waals surface area contributed by atoms with E-state index in [4.69, 9.17) is 4.74 Å². The van der Waals surface area contributed by atoms with Gasteiger partial charge in [-0.25, -0.2) is 0 Å². The number of carbonyl (C=O) groups excluding carboxylic acids is 1. The van der Waals surface area contributed by atoms with Crippen LogP contribution in [-0.4, -0.2) is 22.7 Å². The van der Waals surface area contributed by atoms with Crippen LogP contribution in [0.4, 0.5) is 5.69 Å². The van der Waals surface area contributed by atoms with Crippen molar-refractivity contribution in [2.24, 2.45) is 0 Å². The summed E-state index contributed by atoms with van der Waals surface area (Å²) in [7, 11) is 1.76. The Labute approximate surface area is 130 Å². The molecular weight excluding hydrogens is 336 g/mol. The van der Waals surface area contributed by atoms with Gasteiger partial charge < -0.3 is 15.4 Å². The molecule has 2 heterocycles. The molecule has 1 amide bonds. The van der Waals surface area contributed by atoms with Gasteiger partial charge in [-0.15, -0.1) is 0 Å². The number of carbonyl (C=O) groups is 1. The molecule has 1 unspecified atom stereocenters. The fourth-order valence-electron chi connectivity index (χ4n) is 2.32. The van der Waals surface area contributed by atoms with Gasteiger partial charge >= 0.3 is 0 Å². The predicted octanol–water partition coefficient (Wildman–Crippen LogP) is 2.67. The second-order valence-corrected chi connectivity index (χ2v) is 5.57. The van der Waals surface area contributed by atoms with Crippen molar-refractivity contribution in [1.29, 1.82) is 0 Å². The normalized spacial score (nSPS) is 16.7. The fourth-order valence-corrected chi connectivity index (χ4v) is 2.77. The van der Waals surface area contributed by atoms with Gasteiger partial charge in [-0.3, -0.25) is 9.48 Å². The Bertz CT molecular complexity index is 698. The minimum absolute atomic E-state index is 0.0599. The van der Waals surface area contributed by atoms with Gasteiger partial charge in [0, 0.05) is 23.9 Å². The fraction of sp³-hybridized carbons (Fsp3) is 0.286. The lowest BCUT2D eigenvalue weighted by Crippen LogP contribution is -2.23. The highest BCUT2D eigenvalue weighted by Crippen LogP contribution is 2.40. The highest BCUT2D eigenvalue weighted by Gasteiger charge is 2.30. The molecule has 7 heteroatoms. The van der Waals surface area contributed by atoms with Crippen LogP contribution < -0.4 is 15.4 Å². The van der Waals surface area contributed by atoms with E-state index in [-0.39, 0.29) is 11.9 Å². The first-order valence-corrected chi connectivity index (χ1v) is 7.43. The van der Waals surface area contributed by atoms with E-state index in [9.17, 15) is 4.79 Å². The topological polar surface area (TPSA) is 68.2 Å². The number of fused-ring (bicyclic) bond motifs is 1. The lowest BCUT2D eigenvalue weighted by Gasteiger charge is -2.10. The molecule has 0 fully saturated rings. The van der Waals surface area contributed by atoms with E-state index in [1.165, 1.54) is 0 Å². The number of hydrogen-bond donors (Lipinski definition) is 2. The maximum atomic E-state index is 11.8. The molecule has 1 aliphatic heterocycles. The van der Waals surface area contributed by atoms with E-state index in [1.807, 2.05) is 25.3 Å². The van der Waals surface area contributed by atoms with Crippen molar-refractivity contribution in [2.75, 3.05) is 12.4 Å². The van der Waals surface area contributed by atoms with Crippen LogP contribution in [0.3, 0.4) is 0 Å². The zero-order valence-corrected chi connectivity index (χ0v) is 13.3. The van der Waals surface area contributed by atoms with Crippen LogP contribution in [0.2, 0.25) is 0 Å². The quantitative estimate of drug-likeness (QED) is 0.889. The summed E-state index contributed by atoms with van der Waals surface area (Å²) in [5.41, 5.74) is 1.67. The molecule has 0 radical (unpaired) electrons. The molecule has 1 aliphatic rings. The van der Waals surface area contributed by atoms with Crippen LogP contribution in [-0.2, 0) is 11.3 Å². The van der Waals surface area contributed by atoms with E-state index in [0.29, 0.717) is 11.5 Å². The standard InChI is InChI=1S/C14H15BrN4O2/c1-3-19-7-8(6-17-19)21-12-5-11-9(4-10(12)15)13(16-2)14(20)18-11/h4-7,13,16H,3H2,1-2H3,(H,18,20). The van der Waals surface area contributed by atoms with Crippen LogP contribution in [0.15, 0.2) is 29.0 Å². The molecule has 0 spiro atoms. The molecule has 1 aromatic carbocycles. The van der Waals surface area contributed by atoms with Crippen LogP contribution in [0.1, 0.15) is 18.5 Å². The zero-order valence-electron chi connectivity index (χ0n) is 11.7. The highest BCUT2D eigenvalue weighted by atomic mass is 79.9. The molecule has 2 N–H and O–H groups in total. The summed E-state index contributed by atoms with van der Waals surface area (Å²) in [4.78, 5) is 11.8. The Morgan fingerprint density at radius 1 is 1.52 bits per heavy atom. The summed E-state index contributed by atoms with van der Waals surface area (Å²) in [6.45, 7) is 2.80. The number of hydrogen-bond acceptors (Lipinski definition) is 4. The van der Waals surface area contributed by atoms with Crippen molar-refractivity contribution in [2.45, 2.75) is 19.5 Å². The van der Waals surface area contributed by atoms with Crippen LogP contribution in [0.25, 0.3) is 0 Å². The Morgan fingerprint density at radius 2 is 2.33 bits per heavy atom. The second kappa shape index (κ2) is 5.50. The second-order valence-electron chi connectivity index (χ2n) is 4.71. The number of nitrogens with zero attached hydrogens (tertiary/aromatic N) is 2. The maximum absolute atomic E-state index is 11.8. The third-order valence-corrected chi connectivity index (χ3v) is 4.00. The number of likely N-dealkylation sites (N-methyl/N-ethyl adjacent to an activating group) is 1. The number of rotatable bonds is 4. The lowest BCUT2D eigenvalue weighted by molar-refractivity contribution is -0.117. The zero-order chi connectivity index (χ0) is 15.0. The van der Waals surface area contributed by atoms with Crippen LogP contribution in [0, 0.1) is 0 Å². The molecule has 0 aliphatic carbocycles. The first kappa shape index (κ1) is 14.1. The summed E-state index contributed by atoms with van der Waals surface area (Å²) in [5.74, 6) is 1.24. The Hall–Kier alpha value is -1.86. The Morgan fingerprint density at radius 3 is 3.00 bits per heavy atom. The first-order chi connectivity index (χ1) is 10.1. The van der Waals surface area contributed by atoms with Crippen molar-refractivity contribution in [3.8, 4) is 11.5 Å². The van der Waals surface area contributed by atoms with Gasteiger partial charge in [-0.1, -0.05) is 0 Å². The van der Waals surface area contributed by atoms with Crippen molar-refractivity contribution >= 4 is 27.5 Å². The maximum Gasteiger partial charge on any atom is 0.246 e. The molecule has 1 aromatic heterocycles. The molecule has 1 atom stereocenters. The Balaban J connectivity index is 1.91. The number of aryl methyl sites for hydroxylation is 1. The number of nitrogens with one attached hydrogen (secondary N) is 2. The number of benzene rings is 1. The Kier molecular flexibility index (Phi) is 3.69. The summed E-state index contributed by atoms with van der Waals surface area (Å²) in [5, 5.41) is 10.0. The van der Waals surface area contributed by atoms with Gasteiger partial charge in [0.1, 0.15) is 11.8 Å². The van der Waals surface area contributed by atoms with E-state index in [2.05, 4.69) is 31.7 Å². The van der Waals surface area contributed by atoms with Gasteiger partial charge in [-0.05, 0) is 36.0 Å². The van der Waals surface area contributed by atoms with Crippen molar-refractivity contribution < 1.29 is 9.53 Å². The summed E-state index contributed by atoms with van der Waals surface area (Å²) in [6, 6.07) is 3.39. The monoisotopic (exact) mass is 350 g/mol. The van der Waals surface area contributed by atoms with Crippen molar-refractivity contribution in [3.05, 3.63) is 34.6 Å². The van der Waals surface area contributed by atoms with Crippen molar-refractivity contribution in [1.82, 2.24) is 15.1 Å². The minimum atomic E-state index is -0.326. The summed E-state index contributed by atoms with van der Waals surface area (Å²) in [6.07, 6.45) is 3.49. The van der Waals surface area contributed by atoms with E-state index in [0.717, 1.165) is 22.3 Å². The molecule has 2 aromatic rings. The lowest BCUT2D eigenvalue weighted by atomic mass is 10.1. The molecule has 0 bridgehead atoms. The molecule has 0 saturated heterocycles. The van der Waals surface area contributed by atoms with E-state index < -0.39 is 0 Å². The number of halogens is 1. The summed E-state index contributed by atoms with van der Waals surface area (Å²) >= 11 is 3.49. The molecule has 3 rings (SSSR count). The third kappa shape index (κ3) is 2.54. The molecular formula is C14H15BrN4O2. The van der Waals surface area contributed by atoms with E-state index in [1.54, 1.807) is 17.9 Å². The predicted molar refractivity (Wildman–Crippen MR) is 82.5 cm³/mol. The number of amides is 1. The third-order valence-electron chi connectivity index (χ3n) is 3.39. The van der Waals surface area contributed by atoms with Crippen molar-refractivity contribution in [3.63, 3.8) is 0 Å². The van der Waals surface area contributed by atoms with E-state index >= 15 is 0 Å². The smallest absolute Gasteiger partial charge is 0.246 e. The molecule has 0 saturated carbocycles. The average molecular weight is 351 g/mol. The molecule has 110 valence electrons. The highest BCUT2D eigenvalue weighted by molar-refractivity contribution is 9.10. The first-order valence-electron chi connectivity index (χ1n) is 6.64. The number of anilines is 1. The molecule has 6 nitrogen and oxygen atoms in total. The van der Waals surface area contributed by atoms with Crippen LogP contribution in [0.5, 0.6) is 11.5 Å². The van der Waals surface area contributed by atoms with Gasteiger partial charge in [0.2, 0.25) is 5.91 Å². The minimum Gasteiger partial charge on any atom is -0.453 e. The number of ether oxygens (including phenoxy) is 1. The summed E-state index contributed by atoms with van der Waals surface area (Å²) < 4.78 is 8.40. The average Bonchev–Trinajstić information content (AvgIpc) is 3.03. The van der Waals surface area contributed by atoms with Crippen LogP contribution >= 0.6 is 15.9 Å². The number of aromatic nitrogens is 2. The van der Waals surface area contributed by atoms with Gasteiger partial charge in [0.05, 0.1) is 16.9 Å². The van der Waals surface area contributed by atoms with Gasteiger partial charge in [-0.2, -0.15) is 5.10 Å². The van der Waals surface area contributed by atoms with Gasteiger partial charge in [0.15, 0.2) is 5.75 Å². The molecule has 21 heavy (non-hydrogen) atoms. The largest absolute Gasteiger partial charge is 0.453 e. The SMILES string of the molecule is CCn1cc(Oc2cc3c(cc2Br)C(NC)C(=O)N3)cn1.